The van der Waals surface area contributed by atoms with E-state index in [-0.39, 0.29) is 0 Å². The molecule has 1 aromatic rings. The van der Waals surface area contributed by atoms with E-state index in [1.807, 2.05) is 11.8 Å². The third kappa shape index (κ3) is 5.00. The lowest BCUT2D eigenvalue weighted by molar-refractivity contribution is 0.214. The van der Waals surface area contributed by atoms with Gasteiger partial charge in [0.1, 0.15) is 0 Å². The minimum absolute atomic E-state index is 0.874. The summed E-state index contributed by atoms with van der Waals surface area (Å²) in [6, 6.07) is 9.16. The Morgan fingerprint density at radius 1 is 0.917 bits per heavy atom. The maximum absolute atomic E-state index is 2.76. The second-order valence-electron chi connectivity index (χ2n) is 7.69. The fraction of sp³-hybridized carbons (Fsp3) is 0.714. The Hall–Kier alpha value is -0.510. The molecule has 2 heterocycles. The molecule has 2 saturated heterocycles. The van der Waals surface area contributed by atoms with E-state index in [4.69, 9.17) is 0 Å². The van der Waals surface area contributed by atoms with Gasteiger partial charge in [-0.1, -0.05) is 38.3 Å². The summed E-state index contributed by atoms with van der Waals surface area (Å²) in [5, 5.41) is 0. The van der Waals surface area contributed by atoms with Crippen molar-refractivity contribution in [3.63, 3.8) is 0 Å². The van der Waals surface area contributed by atoms with Gasteiger partial charge in [0.25, 0.3) is 0 Å². The maximum atomic E-state index is 2.76. The smallest absolute Gasteiger partial charge is 0.0233 e. The van der Waals surface area contributed by atoms with Crippen LogP contribution in [0.5, 0.6) is 0 Å². The normalized spacial score (nSPS) is 26.6. The average molecular weight is 347 g/mol. The minimum atomic E-state index is 0.874. The van der Waals surface area contributed by atoms with Gasteiger partial charge in [-0.3, -0.25) is 4.90 Å². The second-order valence-corrected chi connectivity index (χ2v) is 8.57. The van der Waals surface area contributed by atoms with E-state index >= 15 is 0 Å². The lowest BCUT2D eigenvalue weighted by Gasteiger charge is -2.26. The van der Waals surface area contributed by atoms with Crippen LogP contribution in [0, 0.1) is 11.8 Å². The summed E-state index contributed by atoms with van der Waals surface area (Å²) in [7, 11) is 0. The van der Waals surface area contributed by atoms with E-state index in [2.05, 4.69) is 47.2 Å². The van der Waals surface area contributed by atoms with Gasteiger partial charge in [0, 0.05) is 31.1 Å². The van der Waals surface area contributed by atoms with Crippen LogP contribution in [-0.2, 0) is 6.54 Å². The lowest BCUT2D eigenvalue weighted by atomic mass is 9.93. The molecule has 24 heavy (non-hydrogen) atoms. The summed E-state index contributed by atoms with van der Waals surface area (Å²) in [5.74, 6) is 1.76. The highest BCUT2D eigenvalue weighted by molar-refractivity contribution is 7.98. The Labute approximate surface area is 153 Å². The minimum Gasteiger partial charge on any atom is -0.303 e. The molecular formula is C21H34N2S. The van der Waals surface area contributed by atoms with Crippen LogP contribution < -0.4 is 0 Å². The Balaban J connectivity index is 1.54. The molecule has 0 aliphatic carbocycles. The quantitative estimate of drug-likeness (QED) is 0.687. The predicted octanol–water partition coefficient (Wildman–Crippen LogP) is 4.74. The lowest BCUT2D eigenvalue weighted by Crippen LogP contribution is -2.33. The van der Waals surface area contributed by atoms with Crippen LogP contribution >= 0.6 is 11.8 Å². The van der Waals surface area contributed by atoms with Gasteiger partial charge in [-0.15, -0.1) is 11.8 Å². The third-order valence-electron chi connectivity index (χ3n) is 5.93. The molecule has 2 atom stereocenters. The Bertz CT molecular complexity index is 479. The number of benzene rings is 1. The van der Waals surface area contributed by atoms with E-state index in [1.54, 1.807) is 0 Å². The molecule has 2 aliphatic heterocycles. The largest absolute Gasteiger partial charge is 0.303 e. The van der Waals surface area contributed by atoms with Crippen molar-refractivity contribution in [2.75, 3.05) is 39.0 Å². The van der Waals surface area contributed by atoms with E-state index in [0.717, 1.165) is 18.4 Å². The molecule has 0 radical (unpaired) electrons. The molecule has 2 nitrogen and oxygen atoms in total. The third-order valence-corrected chi connectivity index (χ3v) is 6.68. The van der Waals surface area contributed by atoms with Crippen LogP contribution in [0.2, 0.25) is 0 Å². The first-order chi connectivity index (χ1) is 11.8. The predicted molar refractivity (Wildman–Crippen MR) is 106 cm³/mol. The highest BCUT2D eigenvalue weighted by Gasteiger charge is 2.32. The van der Waals surface area contributed by atoms with Crippen molar-refractivity contribution in [1.82, 2.24) is 9.80 Å². The van der Waals surface area contributed by atoms with Gasteiger partial charge in [0.05, 0.1) is 0 Å². The highest BCUT2D eigenvalue weighted by atomic mass is 32.2. The number of nitrogens with zero attached hydrogens (tertiary/aromatic N) is 2. The number of rotatable bonds is 6. The fourth-order valence-corrected chi connectivity index (χ4v) is 4.88. The Morgan fingerprint density at radius 3 is 2.21 bits per heavy atom. The van der Waals surface area contributed by atoms with Crippen LogP contribution in [0.4, 0.5) is 0 Å². The van der Waals surface area contributed by atoms with Gasteiger partial charge >= 0.3 is 0 Å². The van der Waals surface area contributed by atoms with E-state index in [0.29, 0.717) is 0 Å². The molecule has 0 unspecified atom stereocenters. The number of thioether (sulfide) groups is 1. The molecule has 0 N–H and O–H groups in total. The van der Waals surface area contributed by atoms with Crippen molar-refractivity contribution >= 4 is 11.8 Å². The molecule has 0 saturated carbocycles. The van der Waals surface area contributed by atoms with Gasteiger partial charge in [-0.25, -0.2) is 0 Å². The van der Waals surface area contributed by atoms with Crippen LogP contribution in [-0.4, -0.2) is 48.8 Å². The summed E-state index contributed by atoms with van der Waals surface area (Å²) in [4.78, 5) is 6.83. The van der Waals surface area contributed by atoms with Crippen molar-refractivity contribution in [3.05, 3.63) is 29.8 Å². The van der Waals surface area contributed by atoms with Crippen LogP contribution in [0.15, 0.2) is 29.2 Å². The molecule has 0 spiro atoms. The van der Waals surface area contributed by atoms with Gasteiger partial charge < -0.3 is 4.90 Å². The molecule has 134 valence electrons. The molecule has 0 bridgehead atoms. The summed E-state index contributed by atoms with van der Waals surface area (Å²) in [5.41, 5.74) is 1.47. The van der Waals surface area contributed by atoms with Crippen LogP contribution in [0.3, 0.4) is 0 Å². The van der Waals surface area contributed by atoms with Gasteiger partial charge in [-0.2, -0.15) is 0 Å². The molecular weight excluding hydrogens is 312 g/mol. The Kier molecular flexibility index (Phi) is 7.06. The number of likely N-dealkylation sites (tertiary alicyclic amines) is 2. The highest BCUT2D eigenvalue weighted by Crippen LogP contribution is 2.29. The first-order valence-corrected chi connectivity index (χ1v) is 11.1. The number of hydrogen-bond acceptors (Lipinski definition) is 3. The molecule has 1 aromatic carbocycles. The standard InChI is InChI=1S/C21H34N2S/c1-3-19-15-23(14-18-8-10-21(24-2)11-9-18)17-20(19)16-22-12-6-4-5-7-13-22/h8-11,19-20H,3-7,12-17H2,1-2H3/t19-,20+/m0/s1. The zero-order chi connectivity index (χ0) is 16.8. The summed E-state index contributed by atoms with van der Waals surface area (Å²) < 4.78 is 0. The van der Waals surface area contributed by atoms with Crippen molar-refractivity contribution in [1.29, 1.82) is 0 Å². The molecule has 2 fully saturated rings. The van der Waals surface area contributed by atoms with Gasteiger partial charge in [0.15, 0.2) is 0 Å². The molecule has 3 heteroatoms. The van der Waals surface area contributed by atoms with Crippen molar-refractivity contribution in [2.45, 2.75) is 50.5 Å². The molecule has 0 aromatic heterocycles. The van der Waals surface area contributed by atoms with Crippen LogP contribution in [0.1, 0.15) is 44.6 Å². The molecule has 2 aliphatic rings. The number of hydrogen-bond donors (Lipinski definition) is 0. The van der Waals surface area contributed by atoms with E-state index in [1.165, 1.54) is 75.3 Å². The first kappa shape index (κ1) is 18.3. The first-order valence-electron chi connectivity index (χ1n) is 9.86. The average Bonchev–Trinajstić information content (AvgIpc) is 2.81. The zero-order valence-electron chi connectivity index (χ0n) is 15.5. The van der Waals surface area contributed by atoms with Crippen molar-refractivity contribution < 1.29 is 0 Å². The van der Waals surface area contributed by atoms with Crippen LogP contribution in [0.25, 0.3) is 0 Å². The zero-order valence-corrected chi connectivity index (χ0v) is 16.4. The molecule has 3 rings (SSSR count). The Morgan fingerprint density at radius 2 is 1.58 bits per heavy atom. The molecule has 0 amide bonds. The maximum Gasteiger partial charge on any atom is 0.0233 e. The second kappa shape index (κ2) is 9.26. The van der Waals surface area contributed by atoms with E-state index in [9.17, 15) is 0 Å². The fourth-order valence-electron chi connectivity index (χ4n) is 4.47. The summed E-state index contributed by atoms with van der Waals surface area (Å²) >= 11 is 1.83. The van der Waals surface area contributed by atoms with Crippen molar-refractivity contribution in [2.24, 2.45) is 11.8 Å². The monoisotopic (exact) mass is 346 g/mol. The SMILES string of the molecule is CC[C@H]1CN(Cc2ccc(SC)cc2)C[C@H]1CN1CCCCCC1. The van der Waals surface area contributed by atoms with Gasteiger partial charge in [0.2, 0.25) is 0 Å². The topological polar surface area (TPSA) is 6.48 Å². The summed E-state index contributed by atoms with van der Waals surface area (Å²) in [6.45, 7) is 10.1. The summed E-state index contributed by atoms with van der Waals surface area (Å²) in [6.07, 6.45) is 9.19. The van der Waals surface area contributed by atoms with Crippen molar-refractivity contribution in [3.8, 4) is 0 Å². The van der Waals surface area contributed by atoms with E-state index < -0.39 is 0 Å². The van der Waals surface area contributed by atoms with Gasteiger partial charge in [-0.05, 0) is 61.7 Å².